The van der Waals surface area contributed by atoms with Crippen LogP contribution in [0, 0.1) is 6.92 Å². The van der Waals surface area contributed by atoms with E-state index < -0.39 is 17.3 Å². The molecule has 2 aromatic carbocycles. The van der Waals surface area contributed by atoms with E-state index in [1.54, 1.807) is 32.9 Å². The third kappa shape index (κ3) is 5.88. The molecule has 0 aliphatic carbocycles. The minimum Gasteiger partial charge on any atom is -0.464 e. The van der Waals surface area contributed by atoms with Gasteiger partial charge in [-0.3, -0.25) is 9.59 Å². The van der Waals surface area contributed by atoms with Crippen molar-refractivity contribution < 1.29 is 23.6 Å². The molecule has 2 amide bonds. The van der Waals surface area contributed by atoms with E-state index in [0.29, 0.717) is 17.1 Å². The number of benzene rings is 2. The van der Waals surface area contributed by atoms with Gasteiger partial charge in [0, 0.05) is 6.07 Å². The fraction of sp³-hybridized carbons (Fsp3) is 0.304. The van der Waals surface area contributed by atoms with Crippen LogP contribution in [0.25, 0.3) is 10.8 Å². The fourth-order valence-electron chi connectivity index (χ4n) is 3.12. The molecule has 0 fully saturated rings. The number of anilines is 1. The SMILES string of the molecule is CCOC(=O)[C@H](NC(=O)CS[C@@H](C)C(=O)Nc1cc(C)on1)c1cccc2ccccc12. The Kier molecular flexibility index (Phi) is 7.88. The summed E-state index contributed by atoms with van der Waals surface area (Å²) in [6.07, 6.45) is 0. The standard InChI is InChI=1S/C23H25N3O5S/c1-4-30-23(29)21(18-11-7-9-16-8-5-6-10-17(16)18)25-20(27)13-32-15(3)22(28)24-19-12-14(2)31-26-19/h5-12,15,21H,4,13H2,1-3H3,(H,25,27)(H,24,26,28)/t15-,21+/m0/s1. The fourth-order valence-corrected chi connectivity index (χ4v) is 3.82. The molecular formula is C23H25N3O5S. The van der Waals surface area contributed by atoms with Crippen molar-refractivity contribution in [3.05, 3.63) is 59.9 Å². The summed E-state index contributed by atoms with van der Waals surface area (Å²) in [7, 11) is 0. The van der Waals surface area contributed by atoms with E-state index >= 15 is 0 Å². The van der Waals surface area contributed by atoms with Crippen LogP contribution in [0.4, 0.5) is 5.82 Å². The van der Waals surface area contributed by atoms with E-state index in [1.807, 2.05) is 36.4 Å². The Hall–Kier alpha value is -3.33. The zero-order chi connectivity index (χ0) is 23.1. The molecule has 0 saturated heterocycles. The number of carbonyl (C=O) groups is 3. The predicted octanol–water partition coefficient (Wildman–Crippen LogP) is 3.62. The quantitative estimate of drug-likeness (QED) is 0.474. The van der Waals surface area contributed by atoms with Crippen LogP contribution in [0.3, 0.4) is 0 Å². The van der Waals surface area contributed by atoms with E-state index in [-0.39, 0.29) is 24.2 Å². The first-order valence-electron chi connectivity index (χ1n) is 10.2. The van der Waals surface area contributed by atoms with Crippen LogP contribution in [0.5, 0.6) is 0 Å². The summed E-state index contributed by atoms with van der Waals surface area (Å²) in [6.45, 7) is 5.32. The number of rotatable bonds is 9. The van der Waals surface area contributed by atoms with Crippen molar-refractivity contribution in [3.8, 4) is 0 Å². The summed E-state index contributed by atoms with van der Waals surface area (Å²) < 4.78 is 10.1. The van der Waals surface area contributed by atoms with Gasteiger partial charge in [0.15, 0.2) is 11.9 Å². The lowest BCUT2D eigenvalue weighted by Gasteiger charge is -2.20. The normalized spacial score (nSPS) is 12.7. The highest BCUT2D eigenvalue weighted by molar-refractivity contribution is 8.01. The number of thioether (sulfide) groups is 1. The van der Waals surface area contributed by atoms with Gasteiger partial charge in [0.2, 0.25) is 11.8 Å². The lowest BCUT2D eigenvalue weighted by atomic mass is 9.98. The van der Waals surface area contributed by atoms with Crippen LogP contribution in [0.2, 0.25) is 0 Å². The molecule has 0 radical (unpaired) electrons. The molecule has 0 aliphatic rings. The molecular weight excluding hydrogens is 430 g/mol. The van der Waals surface area contributed by atoms with E-state index in [4.69, 9.17) is 9.26 Å². The zero-order valence-electron chi connectivity index (χ0n) is 18.1. The number of nitrogens with zero attached hydrogens (tertiary/aromatic N) is 1. The summed E-state index contributed by atoms with van der Waals surface area (Å²) in [5.74, 6) is -0.312. The van der Waals surface area contributed by atoms with Gasteiger partial charge in [0.1, 0.15) is 5.76 Å². The van der Waals surface area contributed by atoms with Gasteiger partial charge in [-0.1, -0.05) is 47.6 Å². The summed E-state index contributed by atoms with van der Waals surface area (Å²) in [5, 5.41) is 10.4. The van der Waals surface area contributed by atoms with Crippen molar-refractivity contribution >= 4 is 46.1 Å². The lowest BCUT2D eigenvalue weighted by Crippen LogP contribution is -2.36. The van der Waals surface area contributed by atoms with Gasteiger partial charge in [-0.15, -0.1) is 11.8 Å². The maximum Gasteiger partial charge on any atom is 0.333 e. The number of hydrogen-bond acceptors (Lipinski definition) is 7. The first-order valence-corrected chi connectivity index (χ1v) is 11.2. The number of ether oxygens (including phenoxy) is 1. The van der Waals surface area contributed by atoms with Gasteiger partial charge < -0.3 is 19.9 Å². The van der Waals surface area contributed by atoms with Gasteiger partial charge in [0.05, 0.1) is 17.6 Å². The molecule has 0 aliphatic heterocycles. The van der Waals surface area contributed by atoms with Crippen LogP contribution in [0.1, 0.15) is 31.2 Å². The smallest absolute Gasteiger partial charge is 0.333 e. The molecule has 32 heavy (non-hydrogen) atoms. The molecule has 0 spiro atoms. The predicted molar refractivity (Wildman–Crippen MR) is 123 cm³/mol. The van der Waals surface area contributed by atoms with Crippen molar-refractivity contribution in [1.29, 1.82) is 0 Å². The topological polar surface area (TPSA) is 111 Å². The molecule has 9 heteroatoms. The van der Waals surface area contributed by atoms with E-state index in [9.17, 15) is 14.4 Å². The third-order valence-corrected chi connectivity index (χ3v) is 5.82. The molecule has 0 saturated carbocycles. The average molecular weight is 456 g/mol. The summed E-state index contributed by atoms with van der Waals surface area (Å²) in [4.78, 5) is 37.6. The summed E-state index contributed by atoms with van der Waals surface area (Å²) in [6, 6.07) is 13.9. The van der Waals surface area contributed by atoms with E-state index in [1.165, 1.54) is 0 Å². The number of hydrogen-bond donors (Lipinski definition) is 2. The highest BCUT2D eigenvalue weighted by Crippen LogP contribution is 2.26. The van der Waals surface area contributed by atoms with Crippen molar-refractivity contribution in [2.24, 2.45) is 0 Å². The van der Waals surface area contributed by atoms with Gasteiger partial charge in [-0.2, -0.15) is 0 Å². The Morgan fingerprint density at radius 1 is 1.16 bits per heavy atom. The Morgan fingerprint density at radius 3 is 2.62 bits per heavy atom. The Bertz CT molecular complexity index is 1110. The number of carbonyl (C=O) groups excluding carboxylic acids is 3. The van der Waals surface area contributed by atoms with Crippen LogP contribution < -0.4 is 10.6 Å². The molecule has 1 aromatic heterocycles. The summed E-state index contributed by atoms with van der Waals surface area (Å²) in [5.41, 5.74) is 0.659. The number of amides is 2. The Balaban J connectivity index is 1.66. The van der Waals surface area contributed by atoms with Crippen LogP contribution in [-0.4, -0.2) is 40.6 Å². The molecule has 1 heterocycles. The molecule has 8 nitrogen and oxygen atoms in total. The minimum absolute atomic E-state index is 0.00684. The molecule has 0 bridgehead atoms. The minimum atomic E-state index is -0.948. The molecule has 168 valence electrons. The average Bonchev–Trinajstić information content (AvgIpc) is 3.20. The molecule has 3 aromatic rings. The van der Waals surface area contributed by atoms with Crippen molar-refractivity contribution in [2.45, 2.75) is 32.1 Å². The monoisotopic (exact) mass is 455 g/mol. The maximum atomic E-state index is 12.7. The maximum absolute atomic E-state index is 12.7. The second-order valence-electron chi connectivity index (χ2n) is 7.09. The van der Waals surface area contributed by atoms with Gasteiger partial charge in [-0.05, 0) is 37.1 Å². The van der Waals surface area contributed by atoms with Gasteiger partial charge in [-0.25, -0.2) is 4.79 Å². The lowest BCUT2D eigenvalue weighted by molar-refractivity contribution is -0.147. The number of aryl methyl sites for hydroxylation is 1. The molecule has 2 N–H and O–H groups in total. The number of aromatic nitrogens is 1. The number of fused-ring (bicyclic) bond motifs is 1. The van der Waals surface area contributed by atoms with Crippen molar-refractivity contribution in [3.63, 3.8) is 0 Å². The number of esters is 1. The first-order chi connectivity index (χ1) is 15.4. The second kappa shape index (κ2) is 10.8. The molecule has 0 unspecified atom stereocenters. The van der Waals surface area contributed by atoms with E-state index in [2.05, 4.69) is 15.8 Å². The molecule has 2 atom stereocenters. The van der Waals surface area contributed by atoms with Crippen molar-refractivity contribution in [2.75, 3.05) is 17.7 Å². The Morgan fingerprint density at radius 2 is 1.91 bits per heavy atom. The largest absolute Gasteiger partial charge is 0.464 e. The van der Waals surface area contributed by atoms with Gasteiger partial charge in [0.25, 0.3) is 0 Å². The van der Waals surface area contributed by atoms with Crippen LogP contribution in [0.15, 0.2) is 53.1 Å². The van der Waals surface area contributed by atoms with Crippen LogP contribution >= 0.6 is 11.8 Å². The van der Waals surface area contributed by atoms with Crippen LogP contribution in [-0.2, 0) is 19.1 Å². The van der Waals surface area contributed by atoms with Gasteiger partial charge >= 0.3 is 5.97 Å². The molecule has 3 rings (SSSR count). The highest BCUT2D eigenvalue weighted by atomic mass is 32.2. The third-order valence-electron chi connectivity index (χ3n) is 4.67. The zero-order valence-corrected chi connectivity index (χ0v) is 18.9. The van der Waals surface area contributed by atoms with E-state index in [0.717, 1.165) is 22.5 Å². The van der Waals surface area contributed by atoms with Crippen molar-refractivity contribution in [1.82, 2.24) is 10.5 Å². The Labute approximate surface area is 190 Å². The second-order valence-corrected chi connectivity index (χ2v) is 8.42. The highest BCUT2D eigenvalue weighted by Gasteiger charge is 2.26. The summed E-state index contributed by atoms with van der Waals surface area (Å²) >= 11 is 1.15. The first kappa shape index (κ1) is 23.3. The number of nitrogens with one attached hydrogen (secondary N) is 2.